The van der Waals surface area contributed by atoms with E-state index in [2.05, 4.69) is 19.1 Å². The molecular weight excluding hydrogens is 257 g/mol. The molecule has 0 spiro atoms. The Bertz CT molecular complexity index is 420. The normalized spacial score (nSPS) is 19.3. The van der Waals surface area contributed by atoms with Gasteiger partial charge in [-0.3, -0.25) is 4.79 Å². The van der Waals surface area contributed by atoms with Crippen molar-refractivity contribution in [2.45, 2.75) is 30.6 Å². The van der Waals surface area contributed by atoms with Crippen LogP contribution >= 0.6 is 23.2 Å². The van der Waals surface area contributed by atoms with Crippen molar-refractivity contribution in [1.82, 2.24) is 4.90 Å². The Balaban J connectivity index is 2.27. The molecule has 0 aliphatic carbocycles. The van der Waals surface area contributed by atoms with Crippen molar-refractivity contribution < 1.29 is 4.79 Å². The number of hydrogen-bond acceptors (Lipinski definition) is 1. The topological polar surface area (TPSA) is 20.3 Å². The molecule has 1 atom stereocenters. The van der Waals surface area contributed by atoms with Crippen LogP contribution in [0.3, 0.4) is 0 Å². The molecule has 17 heavy (non-hydrogen) atoms. The van der Waals surface area contributed by atoms with Gasteiger partial charge in [-0.1, -0.05) is 54.4 Å². The van der Waals surface area contributed by atoms with Crippen molar-refractivity contribution >= 4 is 29.1 Å². The molecule has 2 nitrogen and oxygen atoms in total. The molecule has 0 bridgehead atoms. The molecule has 1 aromatic rings. The average molecular weight is 272 g/mol. The predicted octanol–water partition coefficient (Wildman–Crippen LogP) is 3.33. The molecule has 1 amide bonds. The maximum atomic E-state index is 11.8. The van der Waals surface area contributed by atoms with Crippen LogP contribution in [0, 0.1) is 0 Å². The SMILES string of the molecule is CCC1CN(C(=O)C(Cl)Cl)Cc2ccccc21. The average Bonchev–Trinajstić information content (AvgIpc) is 2.36. The summed E-state index contributed by atoms with van der Waals surface area (Å²) in [5.41, 5.74) is 2.55. The van der Waals surface area contributed by atoms with Gasteiger partial charge in [-0.2, -0.15) is 0 Å². The summed E-state index contributed by atoms with van der Waals surface area (Å²) in [7, 11) is 0. The zero-order valence-electron chi connectivity index (χ0n) is 9.70. The second-order valence-corrected chi connectivity index (χ2v) is 5.42. The van der Waals surface area contributed by atoms with E-state index in [9.17, 15) is 4.79 Å². The lowest BCUT2D eigenvalue weighted by atomic mass is 9.88. The van der Waals surface area contributed by atoms with E-state index in [4.69, 9.17) is 23.2 Å². The minimum Gasteiger partial charge on any atom is -0.335 e. The number of carbonyl (C=O) groups excluding carboxylic acids is 1. The molecule has 4 heteroatoms. The molecule has 1 aliphatic rings. The van der Waals surface area contributed by atoms with Crippen LogP contribution in [-0.2, 0) is 11.3 Å². The monoisotopic (exact) mass is 271 g/mol. The summed E-state index contributed by atoms with van der Waals surface area (Å²) in [4.78, 5) is 12.6. The number of fused-ring (bicyclic) bond motifs is 1. The quantitative estimate of drug-likeness (QED) is 0.756. The van der Waals surface area contributed by atoms with Gasteiger partial charge in [0.05, 0.1) is 0 Å². The standard InChI is InChI=1S/C13H15Cl2NO/c1-2-9-7-16(13(17)12(14)15)8-10-5-3-4-6-11(9)10/h3-6,9,12H,2,7-8H2,1H3. The second-order valence-electron chi connectivity index (χ2n) is 4.32. The number of alkyl halides is 2. The number of benzene rings is 1. The first-order valence-corrected chi connectivity index (χ1v) is 6.65. The van der Waals surface area contributed by atoms with Crippen molar-refractivity contribution in [2.75, 3.05) is 6.54 Å². The lowest BCUT2D eigenvalue weighted by Gasteiger charge is -2.34. The summed E-state index contributed by atoms with van der Waals surface area (Å²) >= 11 is 11.3. The van der Waals surface area contributed by atoms with E-state index in [1.165, 1.54) is 11.1 Å². The first-order valence-electron chi connectivity index (χ1n) is 5.78. The zero-order valence-corrected chi connectivity index (χ0v) is 11.2. The predicted molar refractivity (Wildman–Crippen MR) is 70.4 cm³/mol. The highest BCUT2D eigenvalue weighted by molar-refractivity contribution is 6.53. The summed E-state index contributed by atoms with van der Waals surface area (Å²) in [6, 6.07) is 8.25. The molecule has 0 N–H and O–H groups in total. The highest BCUT2D eigenvalue weighted by Gasteiger charge is 2.29. The first-order chi connectivity index (χ1) is 8.13. The maximum Gasteiger partial charge on any atom is 0.256 e. The van der Waals surface area contributed by atoms with Crippen molar-refractivity contribution in [3.05, 3.63) is 35.4 Å². The molecule has 0 saturated carbocycles. The lowest BCUT2D eigenvalue weighted by molar-refractivity contribution is -0.130. The maximum absolute atomic E-state index is 11.8. The summed E-state index contributed by atoms with van der Waals surface area (Å²) in [5.74, 6) is 0.192. The molecule has 2 rings (SSSR count). The van der Waals surface area contributed by atoms with E-state index < -0.39 is 4.84 Å². The van der Waals surface area contributed by atoms with Gasteiger partial charge in [0.2, 0.25) is 0 Å². The molecular formula is C13H15Cl2NO. The second kappa shape index (κ2) is 5.28. The van der Waals surface area contributed by atoms with Gasteiger partial charge in [-0.05, 0) is 17.5 Å². The van der Waals surface area contributed by atoms with Gasteiger partial charge in [0, 0.05) is 19.0 Å². The fraction of sp³-hybridized carbons (Fsp3) is 0.462. The summed E-state index contributed by atoms with van der Waals surface area (Å²) in [6.07, 6.45) is 1.01. The van der Waals surface area contributed by atoms with Gasteiger partial charge in [0.15, 0.2) is 4.84 Å². The first kappa shape index (κ1) is 12.7. The molecule has 0 aromatic heterocycles. The fourth-order valence-electron chi connectivity index (χ4n) is 2.37. The van der Waals surface area contributed by atoms with Gasteiger partial charge in [-0.25, -0.2) is 0 Å². The van der Waals surface area contributed by atoms with E-state index in [0.717, 1.165) is 6.42 Å². The third-order valence-corrected chi connectivity index (χ3v) is 3.66. The molecule has 1 aromatic carbocycles. The lowest BCUT2D eigenvalue weighted by Crippen LogP contribution is -2.40. The summed E-state index contributed by atoms with van der Waals surface area (Å²) in [5, 5.41) is 0. The number of carbonyl (C=O) groups is 1. The Morgan fingerprint density at radius 1 is 1.47 bits per heavy atom. The Kier molecular flexibility index (Phi) is 3.95. The van der Waals surface area contributed by atoms with Crippen LogP contribution in [-0.4, -0.2) is 22.2 Å². The largest absolute Gasteiger partial charge is 0.335 e. The van der Waals surface area contributed by atoms with Crippen LogP contribution in [0.4, 0.5) is 0 Å². The van der Waals surface area contributed by atoms with Crippen LogP contribution < -0.4 is 0 Å². The van der Waals surface area contributed by atoms with Gasteiger partial charge < -0.3 is 4.90 Å². The highest BCUT2D eigenvalue weighted by Crippen LogP contribution is 2.31. The molecule has 92 valence electrons. The van der Waals surface area contributed by atoms with Gasteiger partial charge in [0.25, 0.3) is 5.91 Å². The van der Waals surface area contributed by atoms with Gasteiger partial charge >= 0.3 is 0 Å². The molecule has 0 saturated heterocycles. The molecule has 1 heterocycles. The number of rotatable bonds is 2. The minimum atomic E-state index is -0.960. The number of nitrogens with zero attached hydrogens (tertiary/aromatic N) is 1. The van der Waals surface area contributed by atoms with Crippen molar-refractivity contribution in [3.8, 4) is 0 Å². The summed E-state index contributed by atoms with van der Waals surface area (Å²) < 4.78 is 0. The van der Waals surface area contributed by atoms with Crippen molar-refractivity contribution in [3.63, 3.8) is 0 Å². The minimum absolute atomic E-state index is 0.193. The van der Waals surface area contributed by atoms with Gasteiger partial charge in [0.1, 0.15) is 0 Å². The van der Waals surface area contributed by atoms with Crippen molar-refractivity contribution in [1.29, 1.82) is 0 Å². The van der Waals surface area contributed by atoms with Gasteiger partial charge in [-0.15, -0.1) is 0 Å². The smallest absolute Gasteiger partial charge is 0.256 e. The highest BCUT2D eigenvalue weighted by atomic mass is 35.5. The van der Waals surface area contributed by atoms with E-state index in [0.29, 0.717) is 19.0 Å². The van der Waals surface area contributed by atoms with Crippen molar-refractivity contribution in [2.24, 2.45) is 0 Å². The van der Waals surface area contributed by atoms with Crippen LogP contribution in [0.25, 0.3) is 0 Å². The van der Waals surface area contributed by atoms with E-state index in [1.54, 1.807) is 4.90 Å². The Morgan fingerprint density at radius 2 is 2.18 bits per heavy atom. The van der Waals surface area contributed by atoms with Crippen LogP contribution in [0.1, 0.15) is 30.4 Å². The third-order valence-electron chi connectivity index (χ3n) is 3.29. The van der Waals surface area contributed by atoms with E-state index in [1.807, 2.05) is 12.1 Å². The molecule has 0 radical (unpaired) electrons. The number of amides is 1. The van der Waals surface area contributed by atoms with Crippen LogP contribution in [0.15, 0.2) is 24.3 Å². The molecule has 0 fully saturated rings. The molecule has 1 aliphatic heterocycles. The number of hydrogen-bond donors (Lipinski definition) is 0. The van der Waals surface area contributed by atoms with Crippen LogP contribution in [0.5, 0.6) is 0 Å². The zero-order chi connectivity index (χ0) is 12.4. The number of halogens is 2. The Morgan fingerprint density at radius 3 is 2.82 bits per heavy atom. The van der Waals surface area contributed by atoms with E-state index in [-0.39, 0.29) is 5.91 Å². The van der Waals surface area contributed by atoms with Crippen LogP contribution in [0.2, 0.25) is 0 Å². The third kappa shape index (κ3) is 2.58. The fourth-order valence-corrected chi connectivity index (χ4v) is 2.64. The Hall–Kier alpha value is -0.730. The Labute approximate surface area is 112 Å². The molecule has 1 unspecified atom stereocenters. The summed E-state index contributed by atoms with van der Waals surface area (Å²) in [6.45, 7) is 3.46. The van der Waals surface area contributed by atoms with E-state index >= 15 is 0 Å².